The number of piperazine rings is 1. The maximum Gasteiger partial charge on any atom is 0.242 e. The molecule has 0 unspecified atom stereocenters. The van der Waals surface area contributed by atoms with Gasteiger partial charge in [-0.3, -0.25) is 9.59 Å². The second-order valence-electron chi connectivity index (χ2n) is 4.85. The maximum absolute atomic E-state index is 12.2. The fraction of sp³-hybridized carbons (Fsp3) is 0.833. The lowest BCUT2D eigenvalue weighted by Gasteiger charge is -2.37. The first-order chi connectivity index (χ1) is 7.97. The Morgan fingerprint density at radius 1 is 1.53 bits per heavy atom. The highest BCUT2D eigenvalue weighted by atomic mass is 32.2. The fourth-order valence-electron chi connectivity index (χ4n) is 1.99. The molecule has 1 saturated heterocycles. The summed E-state index contributed by atoms with van der Waals surface area (Å²) in [6, 6.07) is -0.286. The van der Waals surface area contributed by atoms with Crippen LogP contribution in [0.3, 0.4) is 0 Å². The van der Waals surface area contributed by atoms with Crippen LogP contribution in [0.1, 0.15) is 27.2 Å². The van der Waals surface area contributed by atoms with Gasteiger partial charge >= 0.3 is 0 Å². The average Bonchev–Trinajstić information content (AvgIpc) is 2.29. The Morgan fingerprint density at radius 3 is 2.71 bits per heavy atom. The van der Waals surface area contributed by atoms with Crippen molar-refractivity contribution in [3.05, 3.63) is 0 Å². The second kappa shape index (κ2) is 6.28. The van der Waals surface area contributed by atoms with E-state index in [0.717, 1.165) is 6.42 Å². The van der Waals surface area contributed by atoms with Gasteiger partial charge in [-0.25, -0.2) is 0 Å². The number of thioether (sulfide) groups is 1. The van der Waals surface area contributed by atoms with E-state index in [9.17, 15) is 9.59 Å². The number of hydrogen-bond acceptors (Lipinski definition) is 3. The predicted octanol–water partition coefficient (Wildman–Crippen LogP) is 1.11. The summed E-state index contributed by atoms with van der Waals surface area (Å²) in [6.07, 6.45) is 2.66. The van der Waals surface area contributed by atoms with Crippen LogP contribution >= 0.6 is 11.8 Å². The Hall–Kier alpha value is -0.710. The molecule has 0 bridgehead atoms. The molecule has 5 heteroatoms. The van der Waals surface area contributed by atoms with E-state index in [1.165, 1.54) is 11.8 Å². The van der Waals surface area contributed by atoms with Gasteiger partial charge in [0.2, 0.25) is 11.8 Å². The minimum Gasteiger partial charge on any atom is -0.353 e. The molecule has 0 aromatic rings. The van der Waals surface area contributed by atoms with Crippen molar-refractivity contribution in [2.75, 3.05) is 19.3 Å². The zero-order valence-corrected chi connectivity index (χ0v) is 11.8. The quantitative estimate of drug-likeness (QED) is 0.822. The molecule has 1 aliphatic heterocycles. The third-order valence-electron chi connectivity index (χ3n) is 3.01. The number of carbonyl (C=O) groups excluding carboxylic acids is 2. The zero-order valence-electron chi connectivity index (χ0n) is 11.0. The first kappa shape index (κ1) is 14.4. The number of nitrogens with zero attached hydrogens (tertiary/aromatic N) is 1. The van der Waals surface area contributed by atoms with E-state index >= 15 is 0 Å². The molecular formula is C12H22N2O2S. The molecule has 2 amide bonds. The van der Waals surface area contributed by atoms with Crippen molar-refractivity contribution in [3.8, 4) is 0 Å². The van der Waals surface area contributed by atoms with Crippen molar-refractivity contribution >= 4 is 23.6 Å². The summed E-state index contributed by atoms with van der Waals surface area (Å²) in [5.74, 6) is 0.480. The standard InChI is InChI=1S/C12H22N2O2S/c1-8(2)7-10-11(15)13-5-6-14(10)12(16)9(3)17-4/h8-10H,5-7H2,1-4H3,(H,13,15)/t9-,10+/m0/s1. The van der Waals surface area contributed by atoms with Gasteiger partial charge in [-0.15, -0.1) is 0 Å². The summed E-state index contributed by atoms with van der Waals surface area (Å²) < 4.78 is 0. The van der Waals surface area contributed by atoms with Gasteiger partial charge in [-0.1, -0.05) is 13.8 Å². The van der Waals surface area contributed by atoms with Crippen LogP contribution in [0.4, 0.5) is 0 Å². The molecule has 0 saturated carbocycles. The zero-order chi connectivity index (χ0) is 13.0. The van der Waals surface area contributed by atoms with Gasteiger partial charge in [-0.2, -0.15) is 11.8 Å². The number of hydrogen-bond donors (Lipinski definition) is 1. The van der Waals surface area contributed by atoms with Gasteiger partial charge in [0.1, 0.15) is 6.04 Å². The predicted molar refractivity (Wildman–Crippen MR) is 70.9 cm³/mol. The molecule has 0 radical (unpaired) electrons. The molecule has 0 aromatic carbocycles. The normalized spacial score (nSPS) is 22.5. The monoisotopic (exact) mass is 258 g/mol. The van der Waals surface area contributed by atoms with Gasteiger partial charge in [0, 0.05) is 13.1 Å². The summed E-state index contributed by atoms with van der Waals surface area (Å²) in [5.41, 5.74) is 0. The summed E-state index contributed by atoms with van der Waals surface area (Å²) in [6.45, 7) is 7.24. The third-order valence-corrected chi connectivity index (χ3v) is 3.92. The molecule has 98 valence electrons. The lowest BCUT2D eigenvalue weighted by Crippen LogP contribution is -2.58. The molecule has 0 spiro atoms. The SMILES string of the molecule is CS[C@@H](C)C(=O)N1CCNC(=O)[C@H]1CC(C)C. The Bertz CT molecular complexity index is 294. The van der Waals surface area contributed by atoms with E-state index < -0.39 is 0 Å². The molecule has 2 atom stereocenters. The topological polar surface area (TPSA) is 49.4 Å². The van der Waals surface area contributed by atoms with E-state index in [1.54, 1.807) is 4.90 Å². The summed E-state index contributed by atoms with van der Waals surface area (Å²) in [7, 11) is 0. The molecule has 1 rings (SSSR count). The minimum atomic E-state index is -0.286. The van der Waals surface area contributed by atoms with Crippen molar-refractivity contribution in [2.45, 2.75) is 38.5 Å². The smallest absolute Gasteiger partial charge is 0.242 e. The number of amides is 2. The largest absolute Gasteiger partial charge is 0.353 e. The van der Waals surface area contributed by atoms with Crippen LogP contribution < -0.4 is 5.32 Å². The maximum atomic E-state index is 12.2. The van der Waals surface area contributed by atoms with E-state index in [0.29, 0.717) is 19.0 Å². The Balaban J connectivity index is 2.78. The molecule has 0 aliphatic carbocycles. The van der Waals surface area contributed by atoms with Crippen LogP contribution in [0, 0.1) is 5.92 Å². The molecule has 4 nitrogen and oxygen atoms in total. The van der Waals surface area contributed by atoms with E-state index in [-0.39, 0.29) is 23.1 Å². The lowest BCUT2D eigenvalue weighted by molar-refractivity contribution is -0.143. The van der Waals surface area contributed by atoms with Crippen LogP contribution in [-0.2, 0) is 9.59 Å². The van der Waals surface area contributed by atoms with E-state index in [1.807, 2.05) is 13.2 Å². The first-order valence-electron chi connectivity index (χ1n) is 6.08. The third kappa shape index (κ3) is 3.63. The van der Waals surface area contributed by atoms with Crippen LogP contribution in [0.5, 0.6) is 0 Å². The Kier molecular flexibility index (Phi) is 5.31. The van der Waals surface area contributed by atoms with Gasteiger partial charge in [0.25, 0.3) is 0 Å². The molecule has 0 aromatic heterocycles. The molecule has 1 fully saturated rings. The molecule has 1 aliphatic rings. The molecule has 1 N–H and O–H groups in total. The number of carbonyl (C=O) groups is 2. The van der Waals surface area contributed by atoms with Crippen molar-refractivity contribution in [1.82, 2.24) is 10.2 Å². The van der Waals surface area contributed by atoms with Crippen molar-refractivity contribution in [1.29, 1.82) is 0 Å². The van der Waals surface area contributed by atoms with Crippen molar-refractivity contribution in [3.63, 3.8) is 0 Å². The summed E-state index contributed by atoms with van der Waals surface area (Å²) in [4.78, 5) is 25.8. The molecule has 1 heterocycles. The second-order valence-corrected chi connectivity index (χ2v) is 6.02. The molecular weight excluding hydrogens is 236 g/mol. The van der Waals surface area contributed by atoms with Gasteiger partial charge in [-0.05, 0) is 25.5 Å². The van der Waals surface area contributed by atoms with Crippen molar-refractivity contribution < 1.29 is 9.59 Å². The van der Waals surface area contributed by atoms with E-state index in [4.69, 9.17) is 0 Å². The highest BCUT2D eigenvalue weighted by molar-refractivity contribution is 7.99. The average molecular weight is 258 g/mol. The van der Waals surface area contributed by atoms with Crippen molar-refractivity contribution in [2.24, 2.45) is 5.92 Å². The van der Waals surface area contributed by atoms with Crippen LogP contribution in [-0.4, -0.2) is 47.4 Å². The minimum absolute atomic E-state index is 0.00777. The highest BCUT2D eigenvalue weighted by Gasteiger charge is 2.34. The van der Waals surface area contributed by atoms with Crippen LogP contribution in [0.2, 0.25) is 0 Å². The lowest BCUT2D eigenvalue weighted by atomic mass is 10.00. The Labute approximate surface area is 108 Å². The van der Waals surface area contributed by atoms with Gasteiger partial charge in [0.05, 0.1) is 5.25 Å². The van der Waals surface area contributed by atoms with Crippen LogP contribution in [0.15, 0.2) is 0 Å². The van der Waals surface area contributed by atoms with Gasteiger partial charge in [0.15, 0.2) is 0 Å². The highest BCUT2D eigenvalue weighted by Crippen LogP contribution is 2.18. The molecule has 17 heavy (non-hydrogen) atoms. The van der Waals surface area contributed by atoms with Gasteiger partial charge < -0.3 is 10.2 Å². The van der Waals surface area contributed by atoms with Crippen LogP contribution in [0.25, 0.3) is 0 Å². The first-order valence-corrected chi connectivity index (χ1v) is 7.37. The number of rotatable bonds is 4. The summed E-state index contributed by atoms with van der Waals surface area (Å²) >= 11 is 1.53. The van der Waals surface area contributed by atoms with E-state index in [2.05, 4.69) is 19.2 Å². The number of nitrogens with one attached hydrogen (secondary N) is 1. The fourth-order valence-corrected chi connectivity index (χ4v) is 2.33. The summed E-state index contributed by atoms with van der Waals surface area (Å²) in [5, 5.41) is 2.77. The Morgan fingerprint density at radius 2 is 2.18 bits per heavy atom.